The van der Waals surface area contributed by atoms with Gasteiger partial charge in [-0.05, 0) is 48.4 Å². The molecule has 0 amide bonds. The largest absolute Gasteiger partial charge is 0.378 e. The Labute approximate surface area is 169 Å². The minimum absolute atomic E-state index is 0.123. The number of pyridine rings is 1. The van der Waals surface area contributed by atoms with Crippen LogP contribution in [0.5, 0.6) is 0 Å². The summed E-state index contributed by atoms with van der Waals surface area (Å²) in [7, 11) is 2.07. The van der Waals surface area contributed by atoms with E-state index in [-0.39, 0.29) is 6.04 Å². The number of hydrogen-bond donors (Lipinski definition) is 1. The van der Waals surface area contributed by atoms with Crippen molar-refractivity contribution >= 4 is 27.6 Å². The highest BCUT2D eigenvalue weighted by Gasteiger charge is 2.14. The maximum Gasteiger partial charge on any atom is 0.0966 e. The number of anilines is 1. The van der Waals surface area contributed by atoms with Crippen molar-refractivity contribution in [2.45, 2.75) is 13.0 Å². The van der Waals surface area contributed by atoms with Crippen molar-refractivity contribution in [1.82, 2.24) is 19.5 Å². The van der Waals surface area contributed by atoms with E-state index < -0.39 is 0 Å². The Morgan fingerprint density at radius 2 is 1.83 bits per heavy atom. The topological polar surface area (TPSA) is 55.6 Å². The van der Waals surface area contributed by atoms with Gasteiger partial charge < -0.3 is 9.88 Å². The molecule has 5 rings (SSSR count). The lowest BCUT2D eigenvalue weighted by Gasteiger charge is -2.17. The molecule has 1 N–H and O–H groups in total. The average molecular weight is 379 g/mol. The second kappa shape index (κ2) is 7.02. The number of hydrogen-bond acceptors (Lipinski definition) is 4. The van der Waals surface area contributed by atoms with Gasteiger partial charge >= 0.3 is 0 Å². The van der Waals surface area contributed by atoms with Crippen LogP contribution in [0.25, 0.3) is 33.1 Å². The van der Waals surface area contributed by atoms with Crippen molar-refractivity contribution in [3.05, 3.63) is 85.1 Å². The molecular formula is C24H21N5. The fourth-order valence-electron chi connectivity index (χ4n) is 3.87. The Kier molecular flexibility index (Phi) is 4.21. The highest BCUT2D eigenvalue weighted by atomic mass is 14.9. The normalized spacial score (nSPS) is 12.3. The van der Waals surface area contributed by atoms with Gasteiger partial charge in [-0.25, -0.2) is 0 Å². The predicted molar refractivity (Wildman–Crippen MR) is 118 cm³/mol. The predicted octanol–water partition coefficient (Wildman–Crippen LogP) is 5.36. The highest BCUT2D eigenvalue weighted by molar-refractivity contribution is 6.04. The van der Waals surface area contributed by atoms with Crippen molar-refractivity contribution in [3.63, 3.8) is 0 Å². The summed E-state index contributed by atoms with van der Waals surface area (Å²) in [5, 5.41) is 4.81. The van der Waals surface area contributed by atoms with Gasteiger partial charge in [0.2, 0.25) is 0 Å². The molecule has 2 aromatic carbocycles. The molecule has 29 heavy (non-hydrogen) atoms. The monoisotopic (exact) mass is 379 g/mol. The maximum absolute atomic E-state index is 4.64. The van der Waals surface area contributed by atoms with Crippen LogP contribution in [0.1, 0.15) is 18.5 Å². The summed E-state index contributed by atoms with van der Waals surface area (Å²) in [4.78, 5) is 13.5. The Hall–Kier alpha value is -3.73. The van der Waals surface area contributed by atoms with Crippen LogP contribution in [0.15, 0.2) is 79.5 Å². The number of aryl methyl sites for hydroxylation is 1. The van der Waals surface area contributed by atoms with E-state index in [9.17, 15) is 0 Å². The van der Waals surface area contributed by atoms with Gasteiger partial charge in [-0.3, -0.25) is 15.0 Å². The summed E-state index contributed by atoms with van der Waals surface area (Å²) in [6, 6.07) is 16.9. The van der Waals surface area contributed by atoms with E-state index in [1.54, 1.807) is 18.6 Å². The Balaban J connectivity index is 1.67. The lowest BCUT2D eigenvalue weighted by atomic mass is 9.99. The standard InChI is InChI=1S/C24H21N5/c1-16(17-5-4-9-25-15-17)28-18-13-21(24-22(14-18)26-10-11-27-24)19-6-3-7-23-20(19)8-12-29(23)2/h3-16,28H,1-2H3. The molecule has 0 aliphatic rings. The fraction of sp³-hybridized carbons (Fsp3) is 0.125. The van der Waals surface area contributed by atoms with Crippen molar-refractivity contribution in [2.75, 3.05) is 5.32 Å². The third kappa shape index (κ3) is 3.10. The Morgan fingerprint density at radius 3 is 2.69 bits per heavy atom. The molecule has 1 unspecified atom stereocenters. The molecule has 142 valence electrons. The first-order chi connectivity index (χ1) is 14.2. The first-order valence-corrected chi connectivity index (χ1v) is 9.66. The maximum atomic E-state index is 4.64. The molecule has 5 nitrogen and oxygen atoms in total. The van der Waals surface area contributed by atoms with Gasteiger partial charge in [-0.2, -0.15) is 0 Å². The zero-order valence-corrected chi connectivity index (χ0v) is 16.4. The second-order valence-electron chi connectivity index (χ2n) is 7.27. The molecule has 0 saturated carbocycles. The smallest absolute Gasteiger partial charge is 0.0966 e. The lowest BCUT2D eigenvalue weighted by Crippen LogP contribution is -2.07. The fourth-order valence-corrected chi connectivity index (χ4v) is 3.87. The minimum atomic E-state index is 0.123. The molecule has 1 atom stereocenters. The van der Waals surface area contributed by atoms with Crippen LogP contribution in [0.2, 0.25) is 0 Å². The Bertz CT molecular complexity index is 1310. The van der Waals surface area contributed by atoms with Crippen molar-refractivity contribution in [1.29, 1.82) is 0 Å². The van der Waals surface area contributed by atoms with Gasteiger partial charge in [-0.1, -0.05) is 18.2 Å². The number of rotatable bonds is 4. The summed E-state index contributed by atoms with van der Waals surface area (Å²) in [6.07, 6.45) is 9.27. The summed E-state index contributed by atoms with van der Waals surface area (Å²) in [6.45, 7) is 2.13. The SMILES string of the molecule is CC(Nc1cc(-c2cccc3c2ccn3C)c2nccnc2c1)c1cccnc1. The van der Waals surface area contributed by atoms with Gasteiger partial charge in [0.15, 0.2) is 0 Å². The average Bonchev–Trinajstić information content (AvgIpc) is 3.15. The van der Waals surface area contributed by atoms with E-state index in [0.29, 0.717) is 0 Å². The number of aromatic nitrogens is 4. The van der Waals surface area contributed by atoms with Gasteiger partial charge in [-0.15, -0.1) is 0 Å². The van der Waals surface area contributed by atoms with Crippen LogP contribution in [-0.4, -0.2) is 19.5 Å². The Morgan fingerprint density at radius 1 is 0.931 bits per heavy atom. The van der Waals surface area contributed by atoms with E-state index in [1.165, 1.54) is 10.9 Å². The van der Waals surface area contributed by atoms with Gasteiger partial charge in [0.1, 0.15) is 0 Å². The zero-order valence-electron chi connectivity index (χ0n) is 16.4. The van der Waals surface area contributed by atoms with E-state index in [4.69, 9.17) is 0 Å². The lowest BCUT2D eigenvalue weighted by molar-refractivity contribution is 0.876. The highest BCUT2D eigenvalue weighted by Crippen LogP contribution is 2.35. The summed E-state index contributed by atoms with van der Waals surface area (Å²) in [5.41, 5.74) is 7.36. The van der Waals surface area contributed by atoms with E-state index in [0.717, 1.165) is 33.4 Å². The molecule has 0 spiro atoms. The van der Waals surface area contributed by atoms with Crippen LogP contribution < -0.4 is 5.32 Å². The molecule has 5 aromatic rings. The molecule has 0 aliphatic heterocycles. The van der Waals surface area contributed by atoms with Gasteiger partial charge in [0.25, 0.3) is 0 Å². The molecule has 3 heterocycles. The third-order valence-corrected chi connectivity index (χ3v) is 5.36. The third-order valence-electron chi connectivity index (χ3n) is 5.36. The molecule has 0 fully saturated rings. The van der Waals surface area contributed by atoms with Crippen molar-refractivity contribution in [2.24, 2.45) is 7.05 Å². The van der Waals surface area contributed by atoms with Crippen LogP contribution in [-0.2, 0) is 7.05 Å². The second-order valence-corrected chi connectivity index (χ2v) is 7.27. The zero-order chi connectivity index (χ0) is 19.8. The molecule has 0 bridgehead atoms. The van der Waals surface area contributed by atoms with Gasteiger partial charge in [0.05, 0.1) is 17.1 Å². The van der Waals surface area contributed by atoms with Crippen LogP contribution in [0, 0.1) is 0 Å². The van der Waals surface area contributed by atoms with Crippen molar-refractivity contribution in [3.8, 4) is 11.1 Å². The first kappa shape index (κ1) is 17.4. The quantitative estimate of drug-likeness (QED) is 0.457. The number of fused-ring (bicyclic) bond motifs is 2. The summed E-state index contributed by atoms with van der Waals surface area (Å²) < 4.78 is 2.14. The first-order valence-electron chi connectivity index (χ1n) is 9.66. The van der Waals surface area contributed by atoms with Crippen molar-refractivity contribution < 1.29 is 0 Å². The molecule has 0 saturated heterocycles. The number of benzene rings is 2. The van der Waals surface area contributed by atoms with Crippen LogP contribution in [0.4, 0.5) is 5.69 Å². The van der Waals surface area contributed by atoms with E-state index in [2.05, 4.69) is 87.5 Å². The van der Waals surface area contributed by atoms with E-state index in [1.807, 2.05) is 12.3 Å². The summed E-state index contributed by atoms with van der Waals surface area (Å²) in [5.74, 6) is 0. The van der Waals surface area contributed by atoms with Crippen LogP contribution >= 0.6 is 0 Å². The number of nitrogens with one attached hydrogen (secondary N) is 1. The number of nitrogens with zero attached hydrogens (tertiary/aromatic N) is 4. The molecule has 0 radical (unpaired) electrons. The van der Waals surface area contributed by atoms with Crippen LogP contribution in [0.3, 0.4) is 0 Å². The van der Waals surface area contributed by atoms with E-state index >= 15 is 0 Å². The molecule has 5 heteroatoms. The molecule has 3 aromatic heterocycles. The molecular weight excluding hydrogens is 358 g/mol. The minimum Gasteiger partial charge on any atom is -0.378 e. The van der Waals surface area contributed by atoms with Gasteiger partial charge in [0, 0.05) is 60.2 Å². The summed E-state index contributed by atoms with van der Waals surface area (Å²) >= 11 is 0. The molecule has 0 aliphatic carbocycles.